The molecule has 2 bridgehead atoms. The highest BCUT2D eigenvalue weighted by Gasteiger charge is 2.57. The normalized spacial score (nSPS) is 18.9. The Balaban J connectivity index is -0.0000000636. The number of hydrogen-bond acceptors (Lipinski definition) is 12. The molecule has 4 aliphatic rings. The molecule has 7 atom stereocenters. The third kappa shape index (κ3) is 69.9. The molecule has 18 heteroatoms. The van der Waals surface area contributed by atoms with Gasteiger partial charge < -0.3 is 28.4 Å². The van der Waals surface area contributed by atoms with E-state index in [2.05, 4.69) is 158 Å². The lowest BCUT2D eigenvalue weighted by Crippen LogP contribution is -2.45. The van der Waals surface area contributed by atoms with Crippen molar-refractivity contribution in [3.63, 3.8) is 0 Å². The maximum atomic E-state index is 12.6. The summed E-state index contributed by atoms with van der Waals surface area (Å²) in [7, 11) is -2.86. The predicted octanol–water partition coefficient (Wildman–Crippen LogP) is 39.5. The number of halogens is 3. The van der Waals surface area contributed by atoms with E-state index in [0.717, 1.165) is 106 Å². The van der Waals surface area contributed by atoms with Crippen molar-refractivity contribution in [1.29, 1.82) is 0 Å². The van der Waals surface area contributed by atoms with Gasteiger partial charge in [0.25, 0.3) is 0 Å². The summed E-state index contributed by atoms with van der Waals surface area (Å²) in [6, 6.07) is 14.5. The van der Waals surface area contributed by atoms with Gasteiger partial charge in [-0.3, -0.25) is 28.8 Å². The number of hydrogen-bond donors (Lipinski definition) is 0. The lowest BCUT2D eigenvalue weighted by Gasteiger charge is -2.39. The molecule has 4 saturated carbocycles. The van der Waals surface area contributed by atoms with E-state index in [-0.39, 0.29) is 200 Å². The Kier molecular flexibility index (Phi) is 99.8. The highest BCUT2D eigenvalue weighted by atomic mass is 28.3. The second-order valence-corrected chi connectivity index (χ2v) is 61.4. The van der Waals surface area contributed by atoms with Gasteiger partial charge in [0, 0.05) is 24.2 Å². The van der Waals surface area contributed by atoms with E-state index in [4.69, 9.17) is 28.4 Å². The topological polar surface area (TPSA) is 158 Å². The van der Waals surface area contributed by atoms with Crippen LogP contribution in [0, 0.1) is 85.2 Å². The van der Waals surface area contributed by atoms with Crippen LogP contribution in [0.25, 0.3) is 0 Å². The van der Waals surface area contributed by atoms with Crippen LogP contribution in [0.15, 0.2) is 30.3 Å². The largest absolute Gasteiger partial charge is 0.466 e. The standard InChI is InChI=1S/2C16H30O2.C13H26Si.C12H26O2Si.C11H24O2Si.C10H17F3O2.C10H14.C9H18O2.16CH4/c1-7-16(5,6)14(17)18-13-10-8-12(9-11-13)15(2,3)4;1-7-15(3,4)14(17)18-16(5,6)13-10-8-12(2)9-11-13;1-9-10(2)13-7-11(9)6-12(13)8-14(3,4)5;1-7-12(2,3)11(13)14-9-8-10-15(4,5)6;1-7-11(2,3)10(12)13-8-9-14(4,5)6;1-6-9(5,10(11,12)13)7(14)15-8(2,3)4;1-3-9(2)10-7-5-4-6-8-10;1-6-9(4,5)8(10)11-7(2)3;;;;;;;;;;;;;;;;/h2*12-13H,7-11H2,1-6H3;9-13H,6-8H2,1-5H3;7-10H2,1-6H3;7-9H2,1-6H3;6H2,1-5H3;4-9H,3H2,1-2H3;7H,6H2,1-5H3;16*1H4. The third-order valence-corrected chi connectivity index (χ3v) is 30.8. The molecule has 4 fully saturated rings. The maximum absolute atomic E-state index is 12.6. The minimum Gasteiger partial charge on any atom is -0.466 e. The molecule has 0 radical (unpaired) electrons. The smallest absolute Gasteiger partial charge is 0.404 e. The van der Waals surface area contributed by atoms with E-state index < -0.39 is 47.4 Å². The first-order valence-corrected chi connectivity index (χ1v) is 56.3. The molecular formula is C113H249F3O12Si3. The summed E-state index contributed by atoms with van der Waals surface area (Å²) >= 11 is 0. The van der Waals surface area contributed by atoms with Crippen molar-refractivity contribution >= 4 is 60.0 Å². The molecule has 0 heterocycles. The molecule has 1 aromatic rings. The highest BCUT2D eigenvalue weighted by molar-refractivity contribution is 6.76. The van der Waals surface area contributed by atoms with Crippen molar-refractivity contribution < 1.29 is 70.4 Å². The fraction of sp³-hybridized carbons (Fsp3) is 0.894. The summed E-state index contributed by atoms with van der Waals surface area (Å²) in [6.45, 7) is 85.6. The quantitative estimate of drug-likeness (QED) is 0.0356. The van der Waals surface area contributed by atoms with E-state index >= 15 is 0 Å². The van der Waals surface area contributed by atoms with Crippen LogP contribution in [0.5, 0.6) is 0 Å². The van der Waals surface area contributed by atoms with Gasteiger partial charge in [-0.05, 0) is 298 Å². The van der Waals surface area contributed by atoms with Gasteiger partial charge in [0.15, 0.2) is 5.41 Å². The summed E-state index contributed by atoms with van der Waals surface area (Å²) in [5.41, 5.74) is -3.46. The molecule has 0 amide bonds. The van der Waals surface area contributed by atoms with Gasteiger partial charge in [0.05, 0.1) is 46.4 Å². The first-order valence-electron chi connectivity index (χ1n) is 45.1. The fourth-order valence-corrected chi connectivity index (χ4v) is 17.4. The van der Waals surface area contributed by atoms with Gasteiger partial charge in [-0.25, -0.2) is 0 Å². The highest BCUT2D eigenvalue weighted by Crippen LogP contribution is 2.57. The Bertz CT molecular complexity index is 2910. The third-order valence-electron chi connectivity index (χ3n) is 25.5. The average Bonchev–Trinajstić information content (AvgIpc) is 1.59. The van der Waals surface area contributed by atoms with Crippen molar-refractivity contribution in [1.82, 2.24) is 0 Å². The van der Waals surface area contributed by atoms with Gasteiger partial charge in [-0.1, -0.05) is 330 Å². The summed E-state index contributed by atoms with van der Waals surface area (Å²) < 4.78 is 69.8. The van der Waals surface area contributed by atoms with Gasteiger partial charge in [0.1, 0.15) is 17.3 Å². The molecule has 0 aromatic heterocycles. The molecule has 0 aliphatic heterocycles. The lowest BCUT2D eigenvalue weighted by atomic mass is 9.72. The molecular weight excluding hydrogens is 1690 g/mol. The molecule has 0 saturated heterocycles. The monoisotopic (exact) mass is 1940 g/mol. The van der Waals surface area contributed by atoms with Crippen LogP contribution in [-0.2, 0) is 57.2 Å². The van der Waals surface area contributed by atoms with Crippen LogP contribution in [0.2, 0.25) is 77.1 Å². The summed E-state index contributed by atoms with van der Waals surface area (Å²) in [4.78, 5) is 70.1. The number of alkyl halides is 3. The number of rotatable bonds is 27. The molecule has 4 aliphatic carbocycles. The molecule has 806 valence electrons. The molecule has 0 spiro atoms. The van der Waals surface area contributed by atoms with Crippen LogP contribution in [0.4, 0.5) is 13.2 Å². The molecule has 131 heavy (non-hydrogen) atoms. The predicted molar refractivity (Wildman–Crippen MR) is 596 cm³/mol. The lowest BCUT2D eigenvalue weighted by molar-refractivity contribution is -0.236. The van der Waals surface area contributed by atoms with Crippen LogP contribution in [-0.4, -0.2) is 103 Å². The second-order valence-electron chi connectivity index (χ2n) is 44.6. The van der Waals surface area contributed by atoms with Crippen molar-refractivity contribution in [2.75, 3.05) is 13.2 Å². The van der Waals surface area contributed by atoms with Gasteiger partial charge in [-0.2, -0.15) is 13.2 Å². The van der Waals surface area contributed by atoms with Gasteiger partial charge in [0.2, 0.25) is 0 Å². The van der Waals surface area contributed by atoms with Crippen LogP contribution >= 0.6 is 0 Å². The van der Waals surface area contributed by atoms with Gasteiger partial charge in [-0.15, -0.1) is 0 Å². The minimum atomic E-state index is -4.58. The van der Waals surface area contributed by atoms with Crippen LogP contribution in [0.1, 0.15) is 467 Å². The number of fused-ring (bicyclic) bond motifs is 2. The average molecular weight is 1940 g/mol. The first-order chi connectivity index (χ1) is 51.8. The van der Waals surface area contributed by atoms with Crippen molar-refractivity contribution in [3.05, 3.63) is 35.9 Å². The minimum absolute atomic E-state index is 0. The van der Waals surface area contributed by atoms with E-state index in [9.17, 15) is 41.9 Å². The molecule has 1 aromatic carbocycles. The Morgan fingerprint density at radius 1 is 0.405 bits per heavy atom. The Hall–Kier alpha value is -3.52. The summed E-state index contributed by atoms with van der Waals surface area (Å²) in [5.74, 6) is 6.68. The van der Waals surface area contributed by atoms with E-state index in [0.29, 0.717) is 30.5 Å². The van der Waals surface area contributed by atoms with Crippen LogP contribution in [0.3, 0.4) is 0 Å². The van der Waals surface area contributed by atoms with Gasteiger partial charge >= 0.3 is 42.0 Å². The summed E-state index contributed by atoms with van der Waals surface area (Å²) in [5, 5.41) is 0. The number of ether oxygens (including phenoxy) is 6. The summed E-state index contributed by atoms with van der Waals surface area (Å²) in [6.07, 6.45) is 14.1. The fourth-order valence-electron chi connectivity index (χ4n) is 13.5. The Morgan fingerprint density at radius 3 is 1.08 bits per heavy atom. The van der Waals surface area contributed by atoms with Crippen LogP contribution < -0.4 is 0 Å². The molecule has 12 nitrogen and oxygen atoms in total. The van der Waals surface area contributed by atoms with E-state index in [1.54, 1.807) is 18.9 Å². The Morgan fingerprint density at radius 2 is 0.763 bits per heavy atom. The SMILES string of the molecule is C.C.C.C.C.C.C.C.C.C.C.C.C.C.C.C.CC1C2CC(C[Si](C)(C)C)C(C2)C1C.CCC(C)(C(=O)OC(C)(C)C)C(F)(F)F.CCC(C)(C)C(=O)OC(C)(C)C1CCC(C)CC1.CCC(C)(C)C(=O)OC(C)C.CCC(C)(C)C(=O)OC1CCC(C(C)(C)C)CC1.CCC(C)(C)C(=O)OCCC[Si](C)(C)C.CCC(C)(C)C(=O)OCC[Si](C)(C)C.CCC(C)c1ccccc1. The molecule has 7 unspecified atom stereocenters. The van der Waals surface area contributed by atoms with E-state index in [1.807, 2.05) is 118 Å². The zero-order chi connectivity index (χ0) is 90.9. The molecule has 5 rings (SSSR count). The second kappa shape index (κ2) is 75.4. The Labute approximate surface area is 828 Å². The van der Waals surface area contributed by atoms with E-state index in [1.165, 1.54) is 84.2 Å². The van der Waals surface area contributed by atoms with Crippen molar-refractivity contribution in [2.24, 2.45) is 85.2 Å². The number of carbonyl (C=O) groups excluding carboxylic acids is 6. The maximum Gasteiger partial charge on any atom is 0.404 e. The number of benzene rings is 1. The molecule has 0 N–H and O–H groups in total. The van der Waals surface area contributed by atoms with Crippen molar-refractivity contribution in [3.8, 4) is 0 Å². The zero-order valence-corrected chi connectivity index (χ0v) is 85.5. The number of carbonyl (C=O) groups is 6. The first kappa shape index (κ1) is 173. The van der Waals surface area contributed by atoms with Crippen molar-refractivity contribution in [2.45, 2.75) is 569 Å². The number of esters is 6. The zero-order valence-electron chi connectivity index (χ0n) is 82.5.